The van der Waals surface area contributed by atoms with Crippen LogP contribution in [-0.2, 0) is 57.5 Å². The summed E-state index contributed by atoms with van der Waals surface area (Å²) in [6, 6.07) is -9.43. The van der Waals surface area contributed by atoms with Crippen molar-refractivity contribution >= 4 is 93.5 Å². The predicted molar refractivity (Wildman–Crippen MR) is 387 cm³/mol. The second kappa shape index (κ2) is 38.8. The molecule has 5 fully saturated rings. The number of carbonyl (C=O) groups is 12. The molecule has 2 aliphatic heterocycles. The summed E-state index contributed by atoms with van der Waals surface area (Å²) in [4.78, 5) is 188. The van der Waals surface area contributed by atoms with Crippen LogP contribution < -0.4 is 21.3 Å². The van der Waals surface area contributed by atoms with Crippen LogP contribution >= 0.6 is 22.6 Å². The fourth-order valence-corrected chi connectivity index (χ4v) is 16.3. The monoisotopic (exact) mass is 1540 g/mol. The Morgan fingerprint density at radius 1 is 0.554 bits per heavy atom. The summed E-state index contributed by atoms with van der Waals surface area (Å²) in [7, 11) is 9.70. The number of amides is 12. The zero-order valence-electron chi connectivity index (χ0n) is 63.3. The van der Waals surface area contributed by atoms with E-state index in [0.29, 0.717) is 64.0 Å². The maximum atomic E-state index is 15.4. The van der Waals surface area contributed by atoms with Gasteiger partial charge in [-0.05, 0) is 132 Å². The van der Waals surface area contributed by atoms with Gasteiger partial charge in [0.05, 0.1) is 32.0 Å². The second-order valence-corrected chi connectivity index (χ2v) is 33.4. The summed E-state index contributed by atoms with van der Waals surface area (Å²) in [5.74, 6) is -12.2. The van der Waals surface area contributed by atoms with Gasteiger partial charge in [0.1, 0.15) is 47.8 Å². The number of nitrogens with zero attached hydrogens (tertiary/aromatic N) is 8. The molecule has 0 radical (unpaired) electrons. The molecule has 24 nitrogen and oxygen atoms in total. The Morgan fingerprint density at radius 2 is 1.15 bits per heavy atom. The smallest absolute Gasteiger partial charge is 0.343 e. The van der Waals surface area contributed by atoms with Crippen molar-refractivity contribution in [1.82, 2.24) is 60.5 Å². The average molecular weight is 1540 g/mol. The number of alkyl halides is 4. The summed E-state index contributed by atoms with van der Waals surface area (Å²) in [6.45, 7) is 14.9. The minimum atomic E-state index is -4.66. The normalized spacial score (nSPS) is 30.5. The van der Waals surface area contributed by atoms with Crippen molar-refractivity contribution in [2.45, 2.75) is 262 Å². The Bertz CT molecular complexity index is 2870. The molecule has 12 atom stereocenters. The first-order valence-corrected chi connectivity index (χ1v) is 38.4. The molecule has 28 heteroatoms. The summed E-state index contributed by atoms with van der Waals surface area (Å²) in [5.41, 5.74) is -1.90. The maximum absolute atomic E-state index is 15.4. The number of likely N-dealkylation sites (N-methyl/N-ethyl adjacent to an activating group) is 7. The van der Waals surface area contributed by atoms with Crippen LogP contribution in [0.25, 0.3) is 0 Å². The van der Waals surface area contributed by atoms with Crippen molar-refractivity contribution in [2.75, 3.05) is 82.1 Å². The number of hydrogen-bond acceptors (Lipinski definition) is 12. The van der Waals surface area contributed by atoms with Gasteiger partial charge in [0.2, 0.25) is 70.9 Å². The van der Waals surface area contributed by atoms with Gasteiger partial charge in [-0.3, -0.25) is 57.5 Å². The van der Waals surface area contributed by atoms with Crippen LogP contribution in [0.5, 0.6) is 0 Å². The van der Waals surface area contributed by atoms with E-state index >= 15 is 32.3 Å². The summed E-state index contributed by atoms with van der Waals surface area (Å²) >= 11 is 2.34. The van der Waals surface area contributed by atoms with E-state index in [1.54, 1.807) is 11.8 Å². The van der Waals surface area contributed by atoms with Crippen LogP contribution in [0.1, 0.15) is 204 Å². The third-order valence-corrected chi connectivity index (χ3v) is 23.5. The molecule has 0 aromatic heterocycles. The molecule has 4 unspecified atom stereocenters. The molecule has 3 aliphatic carbocycles. The zero-order valence-corrected chi connectivity index (χ0v) is 65.5. The van der Waals surface area contributed by atoms with Gasteiger partial charge < -0.3 is 60.5 Å². The predicted octanol–water partition coefficient (Wildman–Crippen LogP) is 6.93. The third-order valence-electron chi connectivity index (χ3n) is 22.4. The highest BCUT2D eigenvalue weighted by atomic mass is 127. The van der Waals surface area contributed by atoms with Crippen molar-refractivity contribution in [2.24, 2.45) is 47.3 Å². The van der Waals surface area contributed by atoms with Crippen molar-refractivity contribution in [3.63, 3.8) is 0 Å². The van der Waals surface area contributed by atoms with E-state index in [4.69, 9.17) is 0 Å². The van der Waals surface area contributed by atoms with Gasteiger partial charge in [0, 0.05) is 66.3 Å². The van der Waals surface area contributed by atoms with E-state index in [0.717, 1.165) is 64.5 Å². The van der Waals surface area contributed by atoms with Crippen LogP contribution in [0.2, 0.25) is 0 Å². The zero-order chi connectivity index (χ0) is 75.7. The van der Waals surface area contributed by atoms with Crippen LogP contribution in [0.3, 0.4) is 0 Å². The first-order chi connectivity index (χ1) is 47.2. The molecule has 3 saturated carbocycles. The molecule has 2 saturated heterocycles. The standard InChI is InChI=1S/C73H122F3IN12O12/c1-17-47(7)63-70(100)84(12)42-61(92)82(10)43-62(93)86(14)57(38-48-30-28-46(6)29-31-48)68(98)83(11)41-59(90)78-53(37-49-24-23-26-51(77)36-49)64(94)79-55(39-50-25-19-20-27-52(50)73(74,75)76)67(97)88(16)72(8,9)71(101)80-54(34-44(2)3)66(96)87(15)58(69(99)89-32-21-18-22-33-89)40-60(91)85(13)56(35-45(4)5)65(95)81-63/h44-58,63H,17-43H2,1-16H3,(H,78,90)(H,79,94)(H,80,101)(H,81,95)/t46?,47-,48?,49?,50?,51?,52?,53-,54-,55-,56-,57-,58-,63-/m0/s1. The molecule has 574 valence electrons. The first kappa shape index (κ1) is 85.8. The van der Waals surface area contributed by atoms with Crippen molar-refractivity contribution in [3.05, 3.63) is 0 Å². The summed E-state index contributed by atoms with van der Waals surface area (Å²) < 4.78 is 45.3. The quantitative estimate of drug-likeness (QED) is 0.108. The van der Waals surface area contributed by atoms with Gasteiger partial charge in [0.15, 0.2) is 0 Å². The van der Waals surface area contributed by atoms with Gasteiger partial charge in [-0.1, -0.05) is 129 Å². The van der Waals surface area contributed by atoms with Crippen LogP contribution in [-0.4, -0.2) is 250 Å². The van der Waals surface area contributed by atoms with Gasteiger partial charge in [0.25, 0.3) is 0 Å². The third kappa shape index (κ3) is 24.4. The van der Waals surface area contributed by atoms with Crippen molar-refractivity contribution < 1.29 is 70.7 Å². The fourth-order valence-electron chi connectivity index (χ4n) is 15.1. The van der Waals surface area contributed by atoms with E-state index in [-0.39, 0.29) is 66.1 Å². The Labute approximate surface area is 612 Å². The molecular formula is C73H122F3IN12O12. The number of hydrogen-bond donors (Lipinski definition) is 4. The molecule has 0 aromatic carbocycles. The Kier molecular flexibility index (Phi) is 32.9. The molecule has 0 spiro atoms. The molecule has 101 heavy (non-hydrogen) atoms. The largest absolute Gasteiger partial charge is 0.392 e. The second-order valence-electron chi connectivity index (χ2n) is 31.7. The number of nitrogens with one attached hydrogen (secondary N) is 4. The van der Waals surface area contributed by atoms with E-state index < -0.39 is 175 Å². The minimum absolute atomic E-state index is 0.000593. The topological polar surface area (TPSA) is 279 Å². The Balaban J connectivity index is 1.65. The molecule has 5 aliphatic rings. The summed E-state index contributed by atoms with van der Waals surface area (Å²) in [6.07, 6.45) is 4.28. The van der Waals surface area contributed by atoms with Crippen LogP contribution in [0, 0.1) is 47.3 Å². The summed E-state index contributed by atoms with van der Waals surface area (Å²) in [5, 5.41) is 11.3. The van der Waals surface area contributed by atoms with Crippen LogP contribution in [0.15, 0.2) is 0 Å². The van der Waals surface area contributed by atoms with Gasteiger partial charge in [-0.25, -0.2) is 0 Å². The average Bonchev–Trinajstić information content (AvgIpc) is 0.804. The lowest BCUT2D eigenvalue weighted by Crippen LogP contribution is -2.64. The lowest BCUT2D eigenvalue weighted by molar-refractivity contribution is -0.197. The molecule has 5 rings (SSSR count). The number of piperidine rings is 1. The molecule has 0 aromatic rings. The number of carbonyl (C=O) groups excluding carboxylic acids is 12. The van der Waals surface area contributed by atoms with Gasteiger partial charge >= 0.3 is 6.18 Å². The van der Waals surface area contributed by atoms with E-state index in [2.05, 4.69) is 50.8 Å². The minimum Gasteiger partial charge on any atom is -0.343 e. The highest BCUT2D eigenvalue weighted by molar-refractivity contribution is 14.1. The lowest BCUT2D eigenvalue weighted by Gasteiger charge is -2.40. The highest BCUT2D eigenvalue weighted by Crippen LogP contribution is 2.44. The van der Waals surface area contributed by atoms with Gasteiger partial charge in [-0.15, -0.1) is 0 Å². The van der Waals surface area contributed by atoms with E-state index in [1.165, 1.54) is 77.9 Å². The van der Waals surface area contributed by atoms with E-state index in [9.17, 15) is 38.4 Å². The molecule has 0 bridgehead atoms. The van der Waals surface area contributed by atoms with Gasteiger partial charge in [-0.2, -0.15) is 13.2 Å². The SMILES string of the molecule is CC[C@H](C)[C@@H]1NC(=O)[C@H](CC(C)C)N(C)C(=O)C[C@@H](C(=O)N2CCCCC2)N(C)C(=O)[C@H](CC(C)C)NC(=O)C(C)(C)N(C)C(=O)[C@H](CC2CCCCC2C(F)(F)F)NC(=O)[C@H](CC2CCCC(I)C2)NC(=O)CN(C)C(=O)[C@H](CC2CCC(C)CC2)N(C)C(=O)CN(C)C(=O)CN(C)C1=O. The van der Waals surface area contributed by atoms with Crippen molar-refractivity contribution in [3.8, 4) is 0 Å². The fraction of sp³-hybridized carbons (Fsp3) is 0.836. The lowest BCUT2D eigenvalue weighted by atomic mass is 9.75. The van der Waals surface area contributed by atoms with Crippen LogP contribution in [0.4, 0.5) is 13.2 Å². The molecular weight excluding hydrogens is 1420 g/mol. The first-order valence-electron chi connectivity index (χ1n) is 37.2. The molecule has 4 N–H and O–H groups in total. The highest BCUT2D eigenvalue weighted by Gasteiger charge is 2.49. The Morgan fingerprint density at radius 3 is 1.74 bits per heavy atom. The number of likely N-dealkylation sites (tertiary alicyclic amines) is 1. The maximum Gasteiger partial charge on any atom is 0.392 e. The number of halogens is 4. The van der Waals surface area contributed by atoms with E-state index in [1.807, 2.05) is 34.6 Å². The number of rotatable bonds is 13. The molecule has 2 heterocycles. The Hall–Kier alpha value is -5.84. The van der Waals surface area contributed by atoms with Crippen molar-refractivity contribution in [1.29, 1.82) is 0 Å². The molecule has 12 amide bonds.